The summed E-state index contributed by atoms with van der Waals surface area (Å²) in [7, 11) is 0. The summed E-state index contributed by atoms with van der Waals surface area (Å²) in [5.41, 5.74) is 1.61. The summed E-state index contributed by atoms with van der Waals surface area (Å²) in [4.78, 5) is 24.0. The van der Waals surface area contributed by atoms with Gasteiger partial charge in [0.1, 0.15) is 5.82 Å². The smallest absolute Gasteiger partial charge is 0.238 e. The van der Waals surface area contributed by atoms with Gasteiger partial charge in [-0.15, -0.1) is 0 Å². The number of nitrogens with one attached hydrogen (secondary N) is 2. The number of carbonyl (C=O) groups excluding carboxylic acids is 1. The summed E-state index contributed by atoms with van der Waals surface area (Å²) in [6.07, 6.45) is 2.26. The van der Waals surface area contributed by atoms with Gasteiger partial charge >= 0.3 is 0 Å². The normalized spacial score (nSPS) is 12.3. The molecule has 3 aromatic rings. The molecule has 5 nitrogen and oxygen atoms in total. The molecule has 0 aliphatic heterocycles. The van der Waals surface area contributed by atoms with Gasteiger partial charge in [0, 0.05) is 6.20 Å². The fourth-order valence-electron chi connectivity index (χ4n) is 2.11. The zero-order valence-electron chi connectivity index (χ0n) is 12.4. The molecule has 0 spiro atoms. The third kappa shape index (κ3) is 3.50. The number of fused-ring (bicyclic) bond motifs is 1. The number of carbonyl (C=O) groups is 1. The number of aromatic amines is 1. The van der Waals surface area contributed by atoms with E-state index in [4.69, 9.17) is 0 Å². The van der Waals surface area contributed by atoms with Gasteiger partial charge < -0.3 is 10.3 Å². The molecule has 0 fully saturated rings. The lowest BCUT2D eigenvalue weighted by Crippen LogP contribution is -2.25. The van der Waals surface area contributed by atoms with Gasteiger partial charge in [-0.3, -0.25) is 4.79 Å². The molecule has 0 bridgehead atoms. The van der Waals surface area contributed by atoms with Gasteiger partial charge in [-0.05, 0) is 30.7 Å². The number of imidazole rings is 1. The van der Waals surface area contributed by atoms with Crippen LogP contribution in [0.5, 0.6) is 0 Å². The summed E-state index contributed by atoms with van der Waals surface area (Å²) < 4.78 is 13.6. The van der Waals surface area contributed by atoms with Gasteiger partial charge in [0.25, 0.3) is 0 Å². The number of hydrogen-bond donors (Lipinski definition) is 2. The Bertz CT molecular complexity index is 803. The molecule has 23 heavy (non-hydrogen) atoms. The second kappa shape index (κ2) is 6.78. The highest BCUT2D eigenvalue weighted by atomic mass is 32.2. The topological polar surface area (TPSA) is 70.7 Å². The SMILES string of the molecule is CC[C@@H](Sc1nc2ncccc2[nH]1)C(=O)Nc1ccccc1F. The Balaban J connectivity index is 1.74. The third-order valence-corrected chi connectivity index (χ3v) is 4.53. The van der Waals surface area contributed by atoms with Crippen LogP contribution < -0.4 is 5.32 Å². The molecule has 7 heteroatoms. The predicted molar refractivity (Wildman–Crippen MR) is 88.9 cm³/mol. The van der Waals surface area contributed by atoms with Crippen molar-refractivity contribution >= 4 is 34.5 Å². The molecule has 1 atom stereocenters. The van der Waals surface area contributed by atoms with Crippen LogP contribution in [0.15, 0.2) is 47.8 Å². The van der Waals surface area contributed by atoms with Crippen molar-refractivity contribution in [2.75, 3.05) is 5.32 Å². The highest BCUT2D eigenvalue weighted by Gasteiger charge is 2.21. The number of pyridine rings is 1. The second-order valence-electron chi connectivity index (χ2n) is 4.90. The van der Waals surface area contributed by atoms with Crippen molar-refractivity contribution in [3.05, 3.63) is 48.4 Å². The fraction of sp³-hybridized carbons (Fsp3) is 0.188. The summed E-state index contributed by atoms with van der Waals surface area (Å²) in [6.45, 7) is 1.90. The minimum absolute atomic E-state index is 0.183. The molecular formula is C16H15FN4OS. The monoisotopic (exact) mass is 330 g/mol. The molecule has 1 aromatic carbocycles. The van der Waals surface area contributed by atoms with Gasteiger partial charge in [-0.25, -0.2) is 14.4 Å². The third-order valence-electron chi connectivity index (χ3n) is 3.28. The van der Waals surface area contributed by atoms with Crippen molar-refractivity contribution in [3.8, 4) is 0 Å². The first kappa shape index (κ1) is 15.5. The minimum Gasteiger partial charge on any atom is -0.332 e. The van der Waals surface area contributed by atoms with Crippen LogP contribution >= 0.6 is 11.8 Å². The lowest BCUT2D eigenvalue weighted by Gasteiger charge is -2.13. The standard InChI is InChI=1S/C16H15FN4OS/c1-2-13(15(22)19-11-7-4-3-6-10(11)17)23-16-20-12-8-5-9-18-14(12)21-16/h3-9,13H,2H2,1H3,(H,19,22)(H,18,20,21)/t13-/m1/s1. The Morgan fingerprint density at radius 2 is 2.17 bits per heavy atom. The van der Waals surface area contributed by atoms with Crippen LogP contribution in [-0.4, -0.2) is 26.1 Å². The Kier molecular flexibility index (Phi) is 4.57. The Labute approximate surface area is 136 Å². The largest absolute Gasteiger partial charge is 0.332 e. The number of anilines is 1. The zero-order valence-corrected chi connectivity index (χ0v) is 13.2. The first-order chi connectivity index (χ1) is 11.2. The number of benzene rings is 1. The van der Waals surface area contributed by atoms with E-state index in [9.17, 15) is 9.18 Å². The van der Waals surface area contributed by atoms with E-state index in [1.807, 2.05) is 19.1 Å². The number of thioether (sulfide) groups is 1. The van der Waals surface area contributed by atoms with Crippen LogP contribution in [0, 0.1) is 5.82 Å². The van der Waals surface area contributed by atoms with Crippen molar-refractivity contribution < 1.29 is 9.18 Å². The molecule has 0 saturated carbocycles. The number of H-pyrrole nitrogens is 1. The number of halogens is 1. The van der Waals surface area contributed by atoms with E-state index in [-0.39, 0.29) is 16.8 Å². The number of nitrogens with zero attached hydrogens (tertiary/aromatic N) is 2. The molecule has 1 amide bonds. The molecule has 0 radical (unpaired) electrons. The predicted octanol–water partition coefficient (Wildman–Crippen LogP) is 3.61. The highest BCUT2D eigenvalue weighted by Crippen LogP contribution is 2.26. The molecule has 2 N–H and O–H groups in total. The summed E-state index contributed by atoms with van der Waals surface area (Å²) in [5.74, 6) is -0.704. The summed E-state index contributed by atoms with van der Waals surface area (Å²) in [5, 5.41) is 2.86. The molecule has 0 saturated heterocycles. The number of aromatic nitrogens is 3. The van der Waals surface area contributed by atoms with Crippen molar-refractivity contribution in [3.63, 3.8) is 0 Å². The van der Waals surface area contributed by atoms with Crippen molar-refractivity contribution in [1.29, 1.82) is 0 Å². The minimum atomic E-state index is -0.450. The maximum atomic E-state index is 13.6. The molecule has 0 aliphatic rings. The molecular weight excluding hydrogens is 315 g/mol. The first-order valence-electron chi connectivity index (χ1n) is 7.20. The highest BCUT2D eigenvalue weighted by molar-refractivity contribution is 8.00. The quantitative estimate of drug-likeness (QED) is 0.701. The van der Waals surface area contributed by atoms with Crippen LogP contribution in [0.25, 0.3) is 11.2 Å². The molecule has 0 unspecified atom stereocenters. The number of amides is 1. The van der Waals surface area contributed by atoms with E-state index < -0.39 is 5.82 Å². The van der Waals surface area contributed by atoms with Gasteiger partial charge in [0.15, 0.2) is 10.8 Å². The molecule has 2 heterocycles. The van der Waals surface area contributed by atoms with Crippen LogP contribution in [0.2, 0.25) is 0 Å². The van der Waals surface area contributed by atoms with Crippen molar-refractivity contribution in [2.24, 2.45) is 0 Å². The second-order valence-corrected chi connectivity index (χ2v) is 6.09. The maximum absolute atomic E-state index is 13.6. The van der Waals surface area contributed by atoms with Crippen molar-refractivity contribution in [2.45, 2.75) is 23.8 Å². The number of hydrogen-bond acceptors (Lipinski definition) is 4. The van der Waals surface area contributed by atoms with Gasteiger partial charge in [0.05, 0.1) is 16.5 Å². The summed E-state index contributed by atoms with van der Waals surface area (Å²) >= 11 is 1.31. The molecule has 2 aromatic heterocycles. The average Bonchev–Trinajstić information content (AvgIpc) is 2.97. The van der Waals surface area contributed by atoms with Gasteiger partial charge in [-0.1, -0.05) is 30.8 Å². The molecule has 3 rings (SSSR count). The van der Waals surface area contributed by atoms with Gasteiger partial charge in [-0.2, -0.15) is 0 Å². The number of rotatable bonds is 5. The van der Waals surface area contributed by atoms with E-state index in [0.29, 0.717) is 17.2 Å². The summed E-state index contributed by atoms with van der Waals surface area (Å²) in [6, 6.07) is 9.80. The lowest BCUT2D eigenvalue weighted by molar-refractivity contribution is -0.115. The lowest BCUT2D eigenvalue weighted by atomic mass is 10.2. The van der Waals surface area contributed by atoms with Crippen LogP contribution in [0.4, 0.5) is 10.1 Å². The average molecular weight is 330 g/mol. The van der Waals surface area contributed by atoms with E-state index in [0.717, 1.165) is 5.52 Å². The Hall–Kier alpha value is -2.41. The first-order valence-corrected chi connectivity index (χ1v) is 8.08. The van der Waals surface area contributed by atoms with E-state index in [1.54, 1.807) is 18.3 Å². The fourth-order valence-corrected chi connectivity index (χ4v) is 3.02. The maximum Gasteiger partial charge on any atom is 0.238 e. The van der Waals surface area contributed by atoms with Crippen LogP contribution in [-0.2, 0) is 4.79 Å². The van der Waals surface area contributed by atoms with E-state index in [1.165, 1.54) is 23.9 Å². The van der Waals surface area contributed by atoms with Crippen LogP contribution in [0.3, 0.4) is 0 Å². The Morgan fingerprint density at radius 1 is 1.35 bits per heavy atom. The van der Waals surface area contributed by atoms with E-state index in [2.05, 4.69) is 20.3 Å². The van der Waals surface area contributed by atoms with Crippen LogP contribution in [0.1, 0.15) is 13.3 Å². The number of para-hydroxylation sites is 1. The molecule has 0 aliphatic carbocycles. The van der Waals surface area contributed by atoms with E-state index >= 15 is 0 Å². The van der Waals surface area contributed by atoms with Crippen molar-refractivity contribution in [1.82, 2.24) is 15.0 Å². The van der Waals surface area contributed by atoms with Gasteiger partial charge in [0.2, 0.25) is 5.91 Å². The molecule has 118 valence electrons. The Morgan fingerprint density at radius 3 is 2.91 bits per heavy atom. The zero-order chi connectivity index (χ0) is 16.2.